The molecule has 126 valence electrons. The summed E-state index contributed by atoms with van der Waals surface area (Å²) in [4.78, 5) is 11.8. The van der Waals surface area contributed by atoms with Crippen molar-refractivity contribution in [2.24, 2.45) is 5.92 Å². The lowest BCUT2D eigenvalue weighted by atomic mass is 9.83. The first-order valence-electron chi connectivity index (χ1n) is 9.18. The van der Waals surface area contributed by atoms with E-state index in [1.165, 1.54) is 44.1 Å². The van der Waals surface area contributed by atoms with Crippen molar-refractivity contribution in [3.05, 3.63) is 47.5 Å². The molecule has 0 radical (unpaired) electrons. The SMILES string of the molecule is CCOC(=O)CCC(Cc1ccccc1)/C1=C/CCCCCC1. The lowest BCUT2D eigenvalue weighted by Crippen LogP contribution is -2.13. The summed E-state index contributed by atoms with van der Waals surface area (Å²) >= 11 is 0. The van der Waals surface area contributed by atoms with Gasteiger partial charge in [-0.05, 0) is 56.9 Å². The molecule has 0 saturated heterocycles. The summed E-state index contributed by atoms with van der Waals surface area (Å²) in [6, 6.07) is 10.7. The largest absolute Gasteiger partial charge is 0.466 e. The second kappa shape index (κ2) is 10.3. The van der Waals surface area contributed by atoms with Gasteiger partial charge in [0.15, 0.2) is 0 Å². The number of hydrogen-bond donors (Lipinski definition) is 0. The minimum Gasteiger partial charge on any atom is -0.466 e. The van der Waals surface area contributed by atoms with Gasteiger partial charge in [0.1, 0.15) is 0 Å². The average molecular weight is 314 g/mol. The van der Waals surface area contributed by atoms with E-state index < -0.39 is 0 Å². The van der Waals surface area contributed by atoms with Gasteiger partial charge in [-0.2, -0.15) is 0 Å². The monoisotopic (exact) mass is 314 g/mol. The zero-order valence-corrected chi connectivity index (χ0v) is 14.4. The van der Waals surface area contributed by atoms with Crippen LogP contribution in [0.2, 0.25) is 0 Å². The number of ether oxygens (including phenoxy) is 1. The highest BCUT2D eigenvalue weighted by molar-refractivity contribution is 5.69. The van der Waals surface area contributed by atoms with Gasteiger partial charge in [-0.3, -0.25) is 4.79 Å². The van der Waals surface area contributed by atoms with E-state index in [2.05, 4.69) is 36.4 Å². The topological polar surface area (TPSA) is 26.3 Å². The maximum atomic E-state index is 11.8. The second-order valence-corrected chi connectivity index (χ2v) is 6.46. The van der Waals surface area contributed by atoms with Crippen LogP contribution >= 0.6 is 0 Å². The summed E-state index contributed by atoms with van der Waals surface area (Å²) in [5.74, 6) is 0.414. The molecular formula is C21H30O2. The van der Waals surface area contributed by atoms with E-state index in [0.29, 0.717) is 18.9 Å². The standard InChI is InChI=1S/C21H30O2/c1-2-23-21(22)16-15-20(17-18-11-7-6-8-12-18)19-13-9-4-3-5-10-14-19/h6-8,11-13,20H,2-5,9-10,14-17H2,1H3/b19-13+. The van der Waals surface area contributed by atoms with E-state index >= 15 is 0 Å². The van der Waals surface area contributed by atoms with Crippen LogP contribution in [-0.2, 0) is 16.0 Å². The van der Waals surface area contributed by atoms with Gasteiger partial charge in [-0.15, -0.1) is 0 Å². The predicted octanol–water partition coefficient (Wildman–Crippen LogP) is 5.47. The summed E-state index contributed by atoms with van der Waals surface area (Å²) in [5.41, 5.74) is 2.93. The third-order valence-electron chi connectivity index (χ3n) is 4.68. The number of carbonyl (C=O) groups excluding carboxylic acids is 1. The number of carbonyl (C=O) groups is 1. The highest BCUT2D eigenvalue weighted by Gasteiger charge is 2.18. The first-order chi connectivity index (χ1) is 11.3. The Hall–Kier alpha value is -1.57. The molecule has 1 aliphatic rings. The number of benzene rings is 1. The van der Waals surface area contributed by atoms with Crippen LogP contribution in [-0.4, -0.2) is 12.6 Å². The van der Waals surface area contributed by atoms with Crippen molar-refractivity contribution in [3.63, 3.8) is 0 Å². The fourth-order valence-electron chi connectivity index (χ4n) is 3.43. The molecule has 1 aromatic carbocycles. The molecule has 2 nitrogen and oxygen atoms in total. The Kier molecular flexibility index (Phi) is 7.92. The molecule has 1 aliphatic carbocycles. The number of allylic oxidation sites excluding steroid dienone is 2. The summed E-state index contributed by atoms with van der Waals surface area (Å²) < 4.78 is 5.12. The number of esters is 1. The molecule has 0 aliphatic heterocycles. The lowest BCUT2D eigenvalue weighted by molar-refractivity contribution is -0.143. The molecule has 0 spiro atoms. The first kappa shape index (κ1) is 17.8. The molecule has 0 saturated carbocycles. The lowest BCUT2D eigenvalue weighted by Gasteiger charge is -2.22. The molecule has 1 unspecified atom stereocenters. The normalized spacial score (nSPS) is 19.1. The van der Waals surface area contributed by atoms with Crippen molar-refractivity contribution in [2.75, 3.05) is 6.61 Å². The molecule has 0 fully saturated rings. The van der Waals surface area contributed by atoms with E-state index in [-0.39, 0.29) is 5.97 Å². The van der Waals surface area contributed by atoms with Gasteiger partial charge in [0.05, 0.1) is 6.61 Å². The van der Waals surface area contributed by atoms with E-state index in [4.69, 9.17) is 4.74 Å². The van der Waals surface area contributed by atoms with E-state index in [0.717, 1.165) is 12.8 Å². The molecule has 0 aromatic heterocycles. The summed E-state index contributed by atoms with van der Waals surface area (Å²) in [6.45, 7) is 2.35. The third-order valence-corrected chi connectivity index (χ3v) is 4.68. The Morgan fingerprint density at radius 1 is 1.13 bits per heavy atom. The molecule has 1 aromatic rings. The number of hydrogen-bond acceptors (Lipinski definition) is 2. The Labute approximate surface area is 140 Å². The molecule has 0 amide bonds. The fraction of sp³-hybridized carbons (Fsp3) is 0.571. The van der Waals surface area contributed by atoms with Crippen LogP contribution in [0.3, 0.4) is 0 Å². The van der Waals surface area contributed by atoms with Crippen molar-refractivity contribution < 1.29 is 9.53 Å². The van der Waals surface area contributed by atoms with Gasteiger partial charge in [-0.25, -0.2) is 0 Å². The van der Waals surface area contributed by atoms with Crippen LogP contribution in [0.15, 0.2) is 42.0 Å². The minimum absolute atomic E-state index is 0.0583. The third kappa shape index (κ3) is 6.60. The van der Waals surface area contributed by atoms with Crippen LogP contribution in [0.1, 0.15) is 63.9 Å². The molecule has 2 heteroatoms. The second-order valence-electron chi connectivity index (χ2n) is 6.46. The first-order valence-corrected chi connectivity index (χ1v) is 9.18. The van der Waals surface area contributed by atoms with E-state index in [1.54, 1.807) is 5.57 Å². The van der Waals surface area contributed by atoms with Crippen LogP contribution in [0.5, 0.6) is 0 Å². The van der Waals surface area contributed by atoms with Crippen LogP contribution in [0.4, 0.5) is 0 Å². The quantitative estimate of drug-likeness (QED) is 0.493. The fourth-order valence-corrected chi connectivity index (χ4v) is 3.43. The minimum atomic E-state index is -0.0583. The Morgan fingerprint density at radius 2 is 1.91 bits per heavy atom. The van der Waals surface area contributed by atoms with Gasteiger partial charge in [-0.1, -0.05) is 54.8 Å². The molecule has 23 heavy (non-hydrogen) atoms. The predicted molar refractivity (Wildman–Crippen MR) is 95.3 cm³/mol. The maximum Gasteiger partial charge on any atom is 0.305 e. The van der Waals surface area contributed by atoms with Gasteiger partial charge >= 0.3 is 5.97 Å². The number of rotatable bonds is 7. The van der Waals surface area contributed by atoms with Gasteiger partial charge in [0, 0.05) is 6.42 Å². The van der Waals surface area contributed by atoms with Gasteiger partial charge < -0.3 is 4.74 Å². The highest BCUT2D eigenvalue weighted by Crippen LogP contribution is 2.29. The summed E-state index contributed by atoms with van der Waals surface area (Å²) in [5, 5.41) is 0. The zero-order chi connectivity index (χ0) is 16.3. The van der Waals surface area contributed by atoms with E-state index in [1.807, 2.05) is 6.92 Å². The summed E-state index contributed by atoms with van der Waals surface area (Å²) in [6.07, 6.45) is 12.6. The molecule has 1 atom stereocenters. The Bertz CT molecular complexity index is 490. The zero-order valence-electron chi connectivity index (χ0n) is 14.4. The average Bonchev–Trinajstić information content (AvgIpc) is 2.53. The van der Waals surface area contributed by atoms with Crippen LogP contribution < -0.4 is 0 Å². The van der Waals surface area contributed by atoms with Crippen molar-refractivity contribution in [1.82, 2.24) is 0 Å². The van der Waals surface area contributed by atoms with Crippen molar-refractivity contribution >= 4 is 5.97 Å². The Balaban J connectivity index is 2.04. The highest BCUT2D eigenvalue weighted by atomic mass is 16.5. The summed E-state index contributed by atoms with van der Waals surface area (Å²) in [7, 11) is 0. The smallest absolute Gasteiger partial charge is 0.305 e. The van der Waals surface area contributed by atoms with E-state index in [9.17, 15) is 4.79 Å². The van der Waals surface area contributed by atoms with Gasteiger partial charge in [0.2, 0.25) is 0 Å². The molecular weight excluding hydrogens is 284 g/mol. The maximum absolute atomic E-state index is 11.8. The molecule has 2 rings (SSSR count). The van der Waals surface area contributed by atoms with Crippen LogP contribution in [0.25, 0.3) is 0 Å². The van der Waals surface area contributed by atoms with Crippen molar-refractivity contribution in [3.8, 4) is 0 Å². The molecule has 0 N–H and O–H groups in total. The van der Waals surface area contributed by atoms with Gasteiger partial charge in [0.25, 0.3) is 0 Å². The van der Waals surface area contributed by atoms with Crippen LogP contribution in [0, 0.1) is 5.92 Å². The van der Waals surface area contributed by atoms with Crippen molar-refractivity contribution in [1.29, 1.82) is 0 Å². The molecule has 0 heterocycles. The molecule has 0 bridgehead atoms. The van der Waals surface area contributed by atoms with Crippen molar-refractivity contribution in [2.45, 2.75) is 64.7 Å². The Morgan fingerprint density at radius 3 is 2.70 bits per heavy atom.